The Balaban J connectivity index is 4.03. The summed E-state index contributed by atoms with van der Waals surface area (Å²) in [5.41, 5.74) is 0. The van der Waals surface area contributed by atoms with E-state index in [2.05, 4.69) is 13.8 Å². The first-order valence-corrected chi connectivity index (χ1v) is 7.57. The second kappa shape index (κ2) is 11.5. The zero-order chi connectivity index (χ0) is 13.8. The Labute approximate surface area is 113 Å². The Kier molecular flexibility index (Phi) is 11.2. The molecule has 0 aliphatic carbocycles. The zero-order valence-electron chi connectivity index (χ0n) is 12.5. The van der Waals surface area contributed by atoms with Gasteiger partial charge in [0.05, 0.1) is 6.10 Å². The average molecular weight is 257 g/mol. The second-order valence-electron chi connectivity index (χ2n) is 5.18. The van der Waals surface area contributed by atoms with E-state index in [-0.39, 0.29) is 12.0 Å². The van der Waals surface area contributed by atoms with Crippen LogP contribution in [0.25, 0.3) is 0 Å². The van der Waals surface area contributed by atoms with Crippen LogP contribution in [-0.2, 0) is 4.79 Å². The van der Waals surface area contributed by atoms with E-state index >= 15 is 0 Å². The minimum Gasteiger partial charge on any atom is -0.393 e. The van der Waals surface area contributed by atoms with E-state index in [1.807, 2.05) is 4.90 Å². The van der Waals surface area contributed by atoms with Crippen LogP contribution in [0.5, 0.6) is 0 Å². The van der Waals surface area contributed by atoms with Gasteiger partial charge in [0.2, 0.25) is 5.91 Å². The summed E-state index contributed by atoms with van der Waals surface area (Å²) in [6.07, 6.45) is 7.64. The maximum atomic E-state index is 12.1. The van der Waals surface area contributed by atoms with Crippen molar-refractivity contribution in [3.63, 3.8) is 0 Å². The highest BCUT2D eigenvalue weighted by Crippen LogP contribution is 2.07. The number of hydrogen-bond acceptors (Lipinski definition) is 2. The molecule has 0 saturated heterocycles. The van der Waals surface area contributed by atoms with Gasteiger partial charge in [-0.25, -0.2) is 0 Å². The highest BCUT2D eigenvalue weighted by molar-refractivity contribution is 5.76. The van der Waals surface area contributed by atoms with Gasteiger partial charge >= 0.3 is 0 Å². The van der Waals surface area contributed by atoms with Gasteiger partial charge in [-0.1, -0.05) is 39.5 Å². The molecule has 0 aliphatic heterocycles. The predicted molar refractivity (Wildman–Crippen MR) is 76.5 cm³/mol. The summed E-state index contributed by atoms with van der Waals surface area (Å²) in [5, 5.41) is 9.24. The highest BCUT2D eigenvalue weighted by atomic mass is 16.3. The third-order valence-electron chi connectivity index (χ3n) is 3.19. The Morgan fingerprint density at radius 1 is 1.06 bits per heavy atom. The van der Waals surface area contributed by atoms with Gasteiger partial charge in [-0.15, -0.1) is 0 Å². The van der Waals surface area contributed by atoms with Crippen molar-refractivity contribution in [2.24, 2.45) is 0 Å². The molecule has 0 bridgehead atoms. The van der Waals surface area contributed by atoms with Crippen molar-refractivity contribution < 1.29 is 9.90 Å². The summed E-state index contributed by atoms with van der Waals surface area (Å²) in [5.74, 6) is 0.211. The molecule has 3 nitrogen and oxygen atoms in total. The second-order valence-corrected chi connectivity index (χ2v) is 5.18. The van der Waals surface area contributed by atoms with Crippen LogP contribution in [0.4, 0.5) is 0 Å². The minimum atomic E-state index is -0.373. The van der Waals surface area contributed by atoms with Crippen LogP contribution in [0.1, 0.15) is 72.1 Å². The summed E-state index contributed by atoms with van der Waals surface area (Å²) in [6.45, 7) is 7.87. The smallest absolute Gasteiger partial charge is 0.222 e. The normalized spacial score (nSPS) is 12.4. The van der Waals surface area contributed by atoms with E-state index in [9.17, 15) is 9.90 Å². The molecule has 0 rings (SSSR count). The number of carbonyl (C=O) groups excluding carboxylic acids is 1. The number of aliphatic hydroxyl groups is 1. The van der Waals surface area contributed by atoms with Crippen molar-refractivity contribution in [3.8, 4) is 0 Å². The molecule has 108 valence electrons. The molecular weight excluding hydrogens is 226 g/mol. The first-order valence-electron chi connectivity index (χ1n) is 7.57. The fourth-order valence-corrected chi connectivity index (χ4v) is 1.96. The minimum absolute atomic E-state index is 0.211. The van der Waals surface area contributed by atoms with Crippen molar-refractivity contribution in [1.29, 1.82) is 0 Å². The number of nitrogens with zero attached hydrogens (tertiary/aromatic N) is 1. The quantitative estimate of drug-likeness (QED) is 0.577. The summed E-state index contributed by atoms with van der Waals surface area (Å²) in [7, 11) is 0. The van der Waals surface area contributed by atoms with Gasteiger partial charge in [-0.05, 0) is 26.2 Å². The van der Waals surface area contributed by atoms with Gasteiger partial charge < -0.3 is 10.0 Å². The first kappa shape index (κ1) is 17.4. The number of unbranched alkanes of at least 4 members (excludes halogenated alkanes) is 4. The van der Waals surface area contributed by atoms with Gasteiger partial charge in [-0.2, -0.15) is 0 Å². The van der Waals surface area contributed by atoms with Gasteiger partial charge in [0.1, 0.15) is 0 Å². The number of hydrogen-bond donors (Lipinski definition) is 1. The van der Waals surface area contributed by atoms with Crippen molar-refractivity contribution >= 4 is 5.91 Å². The van der Waals surface area contributed by atoms with E-state index in [0.717, 1.165) is 25.9 Å². The molecular formula is C15H31NO2. The zero-order valence-corrected chi connectivity index (χ0v) is 12.5. The number of carbonyl (C=O) groups is 1. The maximum Gasteiger partial charge on any atom is 0.222 e. The Hall–Kier alpha value is -0.570. The molecule has 1 atom stereocenters. The van der Waals surface area contributed by atoms with E-state index < -0.39 is 0 Å². The number of amides is 1. The number of aliphatic hydroxyl groups excluding tert-OH is 1. The fraction of sp³-hybridized carbons (Fsp3) is 0.933. The fourth-order valence-electron chi connectivity index (χ4n) is 1.96. The van der Waals surface area contributed by atoms with E-state index in [4.69, 9.17) is 0 Å². The third-order valence-corrected chi connectivity index (χ3v) is 3.19. The van der Waals surface area contributed by atoms with E-state index in [0.29, 0.717) is 12.8 Å². The topological polar surface area (TPSA) is 40.5 Å². The molecule has 0 fully saturated rings. The molecule has 0 aliphatic rings. The molecule has 0 spiro atoms. The Morgan fingerprint density at radius 3 is 1.94 bits per heavy atom. The molecule has 0 aromatic carbocycles. The molecule has 0 heterocycles. The lowest BCUT2D eigenvalue weighted by molar-refractivity contribution is -0.132. The van der Waals surface area contributed by atoms with Gasteiger partial charge in [0.25, 0.3) is 0 Å². The lowest BCUT2D eigenvalue weighted by atomic mass is 10.1. The summed E-state index contributed by atoms with van der Waals surface area (Å²) >= 11 is 0. The molecule has 0 saturated carbocycles. The average Bonchev–Trinajstić information content (AvgIpc) is 2.34. The molecule has 3 heteroatoms. The van der Waals surface area contributed by atoms with E-state index in [1.54, 1.807) is 6.92 Å². The number of rotatable bonds is 11. The van der Waals surface area contributed by atoms with Gasteiger partial charge in [0.15, 0.2) is 0 Å². The van der Waals surface area contributed by atoms with Crippen LogP contribution in [0.2, 0.25) is 0 Å². The largest absolute Gasteiger partial charge is 0.393 e. The first-order chi connectivity index (χ1) is 8.61. The van der Waals surface area contributed by atoms with Crippen molar-refractivity contribution in [1.82, 2.24) is 4.90 Å². The van der Waals surface area contributed by atoms with Crippen LogP contribution in [0.15, 0.2) is 0 Å². The molecule has 0 radical (unpaired) electrons. The van der Waals surface area contributed by atoms with Gasteiger partial charge in [-0.3, -0.25) is 4.79 Å². The van der Waals surface area contributed by atoms with Gasteiger partial charge in [0, 0.05) is 19.5 Å². The maximum absolute atomic E-state index is 12.1. The molecule has 1 amide bonds. The Morgan fingerprint density at radius 2 is 1.56 bits per heavy atom. The molecule has 1 unspecified atom stereocenters. The summed E-state index contributed by atoms with van der Waals surface area (Å²) in [6, 6.07) is 0. The molecule has 0 aromatic rings. The standard InChI is InChI=1S/C15H31NO2/c1-4-6-8-12-16(13-9-7-5-2)15(18)11-10-14(3)17/h14,17H,4-13H2,1-3H3. The highest BCUT2D eigenvalue weighted by Gasteiger charge is 2.13. The van der Waals surface area contributed by atoms with Crippen molar-refractivity contribution in [2.75, 3.05) is 13.1 Å². The molecule has 0 aromatic heterocycles. The van der Waals surface area contributed by atoms with Crippen molar-refractivity contribution in [3.05, 3.63) is 0 Å². The van der Waals surface area contributed by atoms with Crippen LogP contribution in [0.3, 0.4) is 0 Å². The van der Waals surface area contributed by atoms with Crippen LogP contribution in [-0.4, -0.2) is 35.1 Å². The monoisotopic (exact) mass is 257 g/mol. The third kappa shape index (κ3) is 9.46. The van der Waals surface area contributed by atoms with Crippen molar-refractivity contribution in [2.45, 2.75) is 78.2 Å². The molecule has 18 heavy (non-hydrogen) atoms. The SMILES string of the molecule is CCCCCN(CCCCC)C(=O)CCC(C)O. The predicted octanol–water partition coefficient (Wildman–Crippen LogP) is 3.36. The lowest BCUT2D eigenvalue weighted by Gasteiger charge is -2.23. The van der Waals surface area contributed by atoms with Crippen LogP contribution < -0.4 is 0 Å². The summed E-state index contributed by atoms with van der Waals surface area (Å²) in [4.78, 5) is 14.0. The van der Waals surface area contributed by atoms with Crippen LogP contribution >= 0.6 is 0 Å². The Bertz CT molecular complexity index is 195. The lowest BCUT2D eigenvalue weighted by Crippen LogP contribution is -2.33. The molecule has 1 N–H and O–H groups in total. The van der Waals surface area contributed by atoms with Crippen LogP contribution in [0, 0.1) is 0 Å². The summed E-state index contributed by atoms with van der Waals surface area (Å²) < 4.78 is 0. The van der Waals surface area contributed by atoms with E-state index in [1.165, 1.54) is 25.7 Å².